The van der Waals surface area contributed by atoms with Crippen molar-refractivity contribution in [2.24, 2.45) is 0 Å². The fourth-order valence-corrected chi connectivity index (χ4v) is 5.34. The molecule has 0 radical (unpaired) electrons. The lowest BCUT2D eigenvalue weighted by atomic mass is 9.99. The van der Waals surface area contributed by atoms with Gasteiger partial charge in [0.25, 0.3) is 5.91 Å². The molecule has 238 valence electrons. The van der Waals surface area contributed by atoms with Crippen molar-refractivity contribution in [3.8, 4) is 17.0 Å². The number of imidazole rings is 1. The molecule has 2 amide bonds. The van der Waals surface area contributed by atoms with Crippen LogP contribution in [0.1, 0.15) is 47.2 Å². The lowest BCUT2D eigenvalue weighted by Gasteiger charge is -2.24. The van der Waals surface area contributed by atoms with Gasteiger partial charge >= 0.3 is 0 Å². The van der Waals surface area contributed by atoms with Crippen molar-refractivity contribution in [1.82, 2.24) is 25.2 Å². The highest BCUT2D eigenvalue weighted by atomic mass is 19.1. The number of carbonyl (C=O) groups is 2. The maximum Gasteiger partial charge on any atom is 0.254 e. The quantitative estimate of drug-likeness (QED) is 0.158. The zero-order chi connectivity index (χ0) is 33.0. The Morgan fingerprint density at radius 2 is 1.85 bits per heavy atom. The second-order valence-electron chi connectivity index (χ2n) is 10.5. The number of ether oxygens (including phenoxy) is 1. The van der Waals surface area contributed by atoms with Gasteiger partial charge in [-0.2, -0.15) is 0 Å². The smallest absolute Gasteiger partial charge is 0.254 e. The summed E-state index contributed by atoms with van der Waals surface area (Å²) in [6.07, 6.45) is 3.75. The average molecular weight is 628 g/mol. The highest BCUT2D eigenvalue weighted by molar-refractivity contribution is 6.00. The first kappa shape index (κ1) is 31.9. The standard InChI is InChI=1S/C34H35F2N7O3/c1-5-19-14-24(30(36)27(15-19)46-6-2)31(41-21-10-11-22-20(16-21)12-13-40-32(22)37)33-42-26(17-43(33)18-28(44)38-3)23-8-7-9-25(35)29(23)34(45)39-4/h7-17,31,41H,5-6,18H2,1-4H3,(H2,37,40)(H,38,44)(H,39,45). The summed E-state index contributed by atoms with van der Waals surface area (Å²) in [4.78, 5) is 34.5. The summed E-state index contributed by atoms with van der Waals surface area (Å²) >= 11 is 0. The fourth-order valence-electron chi connectivity index (χ4n) is 5.34. The number of likely N-dealkylation sites (N-methyl/N-ethyl adjacent to an activating group) is 1. The van der Waals surface area contributed by atoms with Crippen LogP contribution in [0.5, 0.6) is 5.75 Å². The molecular formula is C34H35F2N7O3. The number of hydrogen-bond donors (Lipinski definition) is 4. The number of nitrogen functional groups attached to an aromatic ring is 1. The summed E-state index contributed by atoms with van der Waals surface area (Å²) < 4.78 is 38.6. The maximum atomic E-state index is 16.4. The second kappa shape index (κ2) is 13.6. The minimum absolute atomic E-state index is 0.0812. The predicted octanol–water partition coefficient (Wildman–Crippen LogP) is 5.23. The van der Waals surface area contributed by atoms with Crippen LogP contribution >= 0.6 is 0 Å². The van der Waals surface area contributed by atoms with E-state index >= 15 is 8.78 Å². The van der Waals surface area contributed by atoms with Crippen molar-refractivity contribution in [3.63, 3.8) is 0 Å². The fraction of sp³-hybridized carbons (Fsp3) is 0.235. The molecule has 2 aromatic heterocycles. The number of aromatic nitrogens is 3. The van der Waals surface area contributed by atoms with Gasteiger partial charge in [-0.1, -0.05) is 25.1 Å². The number of halogens is 2. The second-order valence-corrected chi connectivity index (χ2v) is 10.5. The summed E-state index contributed by atoms with van der Waals surface area (Å²) in [5.41, 5.74) is 7.95. The Labute approximate surface area is 265 Å². The molecule has 0 saturated carbocycles. The number of rotatable bonds is 11. The molecule has 5 rings (SSSR count). The number of nitrogens with two attached hydrogens (primary N) is 1. The minimum Gasteiger partial charge on any atom is -0.491 e. The Morgan fingerprint density at radius 3 is 2.57 bits per heavy atom. The molecule has 0 aliphatic carbocycles. The molecule has 0 spiro atoms. The van der Waals surface area contributed by atoms with Crippen molar-refractivity contribution in [2.75, 3.05) is 31.8 Å². The maximum absolute atomic E-state index is 16.4. The van der Waals surface area contributed by atoms with Gasteiger partial charge in [0, 0.05) is 48.7 Å². The Morgan fingerprint density at radius 1 is 1.04 bits per heavy atom. The van der Waals surface area contributed by atoms with E-state index < -0.39 is 23.6 Å². The van der Waals surface area contributed by atoms with E-state index in [1.54, 1.807) is 48.1 Å². The van der Waals surface area contributed by atoms with Gasteiger partial charge in [-0.25, -0.2) is 18.7 Å². The Kier molecular flexibility index (Phi) is 9.45. The van der Waals surface area contributed by atoms with E-state index in [9.17, 15) is 9.59 Å². The third-order valence-electron chi connectivity index (χ3n) is 7.65. The molecule has 0 bridgehead atoms. The number of amides is 2. The van der Waals surface area contributed by atoms with E-state index in [-0.39, 0.29) is 53.0 Å². The summed E-state index contributed by atoms with van der Waals surface area (Å²) in [6, 6.07) is 13.9. The SMILES string of the molecule is CCOc1cc(CC)cc(C(Nc2ccc3c(N)nccc3c2)c2nc(-c3cccc(F)c3C(=O)NC)cn2CC(=O)NC)c1F. The number of anilines is 2. The van der Waals surface area contributed by atoms with E-state index in [1.165, 1.54) is 26.2 Å². The molecule has 0 aliphatic rings. The average Bonchev–Trinajstić information content (AvgIpc) is 3.47. The number of pyridine rings is 1. The third kappa shape index (κ3) is 6.32. The van der Waals surface area contributed by atoms with Crippen molar-refractivity contribution >= 4 is 34.1 Å². The van der Waals surface area contributed by atoms with Gasteiger partial charge in [0.2, 0.25) is 5.91 Å². The van der Waals surface area contributed by atoms with Crippen LogP contribution in [0.15, 0.2) is 67.0 Å². The predicted molar refractivity (Wildman–Crippen MR) is 174 cm³/mol. The van der Waals surface area contributed by atoms with Crippen LogP contribution in [0.3, 0.4) is 0 Å². The van der Waals surface area contributed by atoms with Crippen molar-refractivity contribution < 1.29 is 23.1 Å². The van der Waals surface area contributed by atoms with Gasteiger partial charge < -0.3 is 31.0 Å². The van der Waals surface area contributed by atoms with Crippen molar-refractivity contribution in [2.45, 2.75) is 32.9 Å². The van der Waals surface area contributed by atoms with Crippen LogP contribution < -0.4 is 26.4 Å². The zero-order valence-corrected chi connectivity index (χ0v) is 25.9. The highest BCUT2D eigenvalue weighted by Gasteiger charge is 2.29. The lowest BCUT2D eigenvalue weighted by Crippen LogP contribution is -2.26. The van der Waals surface area contributed by atoms with Crippen LogP contribution in [0.25, 0.3) is 22.0 Å². The molecule has 3 aromatic carbocycles. The lowest BCUT2D eigenvalue weighted by molar-refractivity contribution is -0.121. The van der Waals surface area contributed by atoms with Crippen LogP contribution in [0.2, 0.25) is 0 Å². The molecular weight excluding hydrogens is 592 g/mol. The Bertz CT molecular complexity index is 1930. The molecule has 0 saturated heterocycles. The molecule has 10 nitrogen and oxygen atoms in total. The number of nitrogens with zero attached hydrogens (tertiary/aromatic N) is 3. The molecule has 1 atom stereocenters. The van der Waals surface area contributed by atoms with Gasteiger partial charge in [-0.05, 0) is 60.7 Å². The van der Waals surface area contributed by atoms with Crippen LogP contribution in [-0.4, -0.2) is 47.1 Å². The Hall–Kier alpha value is -5.52. The van der Waals surface area contributed by atoms with Gasteiger partial charge in [-0.3, -0.25) is 9.59 Å². The molecule has 12 heteroatoms. The number of benzene rings is 3. The van der Waals surface area contributed by atoms with E-state index in [0.717, 1.165) is 16.3 Å². The highest BCUT2D eigenvalue weighted by Crippen LogP contribution is 2.36. The number of hydrogen-bond acceptors (Lipinski definition) is 7. The number of aryl methyl sites for hydroxylation is 1. The number of nitrogens with one attached hydrogen (secondary N) is 3. The first-order chi connectivity index (χ1) is 22.2. The van der Waals surface area contributed by atoms with Crippen molar-refractivity contribution in [3.05, 3.63) is 101 Å². The van der Waals surface area contributed by atoms with Crippen molar-refractivity contribution in [1.29, 1.82) is 0 Å². The summed E-state index contributed by atoms with van der Waals surface area (Å²) in [5, 5.41) is 10.0. The monoisotopic (exact) mass is 627 g/mol. The molecule has 5 N–H and O–H groups in total. The normalized spacial score (nSPS) is 11.7. The van der Waals surface area contributed by atoms with Gasteiger partial charge in [0.15, 0.2) is 11.6 Å². The zero-order valence-electron chi connectivity index (χ0n) is 25.9. The largest absolute Gasteiger partial charge is 0.491 e. The van der Waals surface area contributed by atoms with Crippen LogP contribution in [0, 0.1) is 11.6 Å². The topological polar surface area (TPSA) is 136 Å². The minimum atomic E-state index is -0.974. The first-order valence-corrected chi connectivity index (χ1v) is 14.8. The van der Waals surface area contributed by atoms with E-state index in [2.05, 4.69) is 20.9 Å². The summed E-state index contributed by atoms with van der Waals surface area (Å²) in [6.45, 7) is 3.79. The van der Waals surface area contributed by atoms with E-state index in [4.69, 9.17) is 15.5 Å². The molecule has 0 fully saturated rings. The van der Waals surface area contributed by atoms with E-state index in [0.29, 0.717) is 17.9 Å². The van der Waals surface area contributed by atoms with E-state index in [1.807, 2.05) is 25.1 Å². The number of fused-ring (bicyclic) bond motifs is 1. The van der Waals surface area contributed by atoms with Crippen LogP contribution in [0.4, 0.5) is 20.3 Å². The van der Waals surface area contributed by atoms with Gasteiger partial charge in [-0.15, -0.1) is 0 Å². The third-order valence-corrected chi connectivity index (χ3v) is 7.65. The Balaban J connectivity index is 1.77. The molecule has 0 aliphatic heterocycles. The van der Waals surface area contributed by atoms with Gasteiger partial charge in [0.1, 0.15) is 30.0 Å². The summed E-state index contributed by atoms with van der Waals surface area (Å²) in [5.74, 6) is -1.62. The summed E-state index contributed by atoms with van der Waals surface area (Å²) in [7, 11) is 2.90. The first-order valence-electron chi connectivity index (χ1n) is 14.8. The number of carbonyl (C=O) groups excluding carboxylic acids is 2. The molecule has 2 heterocycles. The van der Waals surface area contributed by atoms with Crippen LogP contribution in [-0.2, 0) is 17.8 Å². The molecule has 46 heavy (non-hydrogen) atoms. The molecule has 5 aromatic rings. The van der Waals surface area contributed by atoms with Gasteiger partial charge in [0.05, 0.1) is 17.9 Å². The molecule has 1 unspecified atom stereocenters.